The van der Waals surface area contributed by atoms with Crippen molar-refractivity contribution in [2.45, 2.75) is 25.3 Å². The second-order valence-electron chi connectivity index (χ2n) is 8.90. The van der Waals surface area contributed by atoms with Gasteiger partial charge in [-0.2, -0.15) is 0 Å². The summed E-state index contributed by atoms with van der Waals surface area (Å²) in [7, 11) is 1.55. The number of nitrogens with zero attached hydrogens (tertiary/aromatic N) is 2. The normalized spacial score (nSPS) is 22.0. The molecule has 9 heteroatoms. The average molecular weight is 493 g/mol. The van der Waals surface area contributed by atoms with E-state index in [9.17, 15) is 19.5 Å². The third-order valence-electron chi connectivity index (χ3n) is 6.80. The summed E-state index contributed by atoms with van der Waals surface area (Å²) in [6.07, 6.45) is 1.09. The van der Waals surface area contributed by atoms with E-state index in [1.54, 1.807) is 48.4 Å². The van der Waals surface area contributed by atoms with Crippen LogP contribution in [-0.4, -0.2) is 67.6 Å². The van der Waals surface area contributed by atoms with Crippen molar-refractivity contribution >= 4 is 29.0 Å². The number of aliphatic hydroxyl groups excluding tert-OH is 1. The highest BCUT2D eigenvalue weighted by Gasteiger charge is 2.66. The van der Waals surface area contributed by atoms with Crippen LogP contribution >= 0.6 is 0 Å². The number of benzene rings is 2. The minimum Gasteiger partial charge on any atom is -0.507 e. The van der Waals surface area contributed by atoms with Gasteiger partial charge in [-0.1, -0.05) is 25.1 Å². The van der Waals surface area contributed by atoms with Crippen molar-refractivity contribution in [2.75, 3.05) is 44.9 Å². The number of aliphatic hydroxyl groups is 1. The van der Waals surface area contributed by atoms with Gasteiger partial charge in [0.05, 0.1) is 11.3 Å². The standard InChI is InChI=1S/C27H28N2O7/c1-3-11-28-19-8-5-4-7-18(19)27(26(28)33)22(24(31)25(32)29(27)12-6-13-34-2)23(30)17-9-10-20-21(16-17)36-15-14-35-20/h4-5,7-10,16,30H,3,6,11-15H2,1-2H3/b23-22+. The lowest BCUT2D eigenvalue weighted by molar-refractivity contribution is -0.143. The molecule has 9 nitrogen and oxygen atoms in total. The van der Waals surface area contributed by atoms with Crippen LogP contribution in [0.1, 0.15) is 30.9 Å². The van der Waals surface area contributed by atoms with Gasteiger partial charge in [-0.05, 0) is 37.1 Å². The maximum atomic E-state index is 14.2. The molecule has 0 saturated carbocycles. The zero-order chi connectivity index (χ0) is 25.4. The quantitative estimate of drug-likeness (QED) is 0.274. The number of Topliss-reactive ketones (excluding diaryl/α,β-unsaturated/α-hetero) is 1. The van der Waals surface area contributed by atoms with Crippen molar-refractivity contribution in [3.05, 3.63) is 59.2 Å². The summed E-state index contributed by atoms with van der Waals surface area (Å²) in [6, 6.07) is 11.9. The molecule has 3 aliphatic rings. The van der Waals surface area contributed by atoms with E-state index in [4.69, 9.17) is 14.2 Å². The molecule has 0 radical (unpaired) electrons. The van der Waals surface area contributed by atoms with Gasteiger partial charge in [-0.3, -0.25) is 14.4 Å². The number of fused-ring (bicyclic) bond motifs is 3. The predicted octanol–water partition coefficient (Wildman–Crippen LogP) is 2.83. The van der Waals surface area contributed by atoms with E-state index in [2.05, 4.69) is 0 Å². The van der Waals surface area contributed by atoms with Crippen LogP contribution in [0.25, 0.3) is 5.76 Å². The fraction of sp³-hybridized carbons (Fsp3) is 0.370. The number of anilines is 1. The number of rotatable bonds is 7. The molecular formula is C27H28N2O7. The molecule has 3 aliphatic heterocycles. The van der Waals surface area contributed by atoms with Crippen LogP contribution < -0.4 is 14.4 Å². The Morgan fingerprint density at radius 2 is 1.81 bits per heavy atom. The molecular weight excluding hydrogens is 464 g/mol. The lowest BCUT2D eigenvalue weighted by Gasteiger charge is -2.34. The number of amides is 2. The first-order chi connectivity index (χ1) is 17.5. The number of likely N-dealkylation sites (tertiary alicyclic amines) is 1. The first kappa shape index (κ1) is 23.9. The van der Waals surface area contributed by atoms with Gasteiger partial charge >= 0.3 is 0 Å². The Morgan fingerprint density at radius 3 is 2.56 bits per heavy atom. The van der Waals surface area contributed by atoms with Gasteiger partial charge in [0.1, 0.15) is 19.0 Å². The zero-order valence-electron chi connectivity index (χ0n) is 20.3. The predicted molar refractivity (Wildman–Crippen MR) is 131 cm³/mol. The molecule has 0 aliphatic carbocycles. The minimum absolute atomic E-state index is 0.108. The SMILES string of the molecule is CCCN1C(=O)C2(/C(=C(/O)c3ccc4c(c3)OCCO4)C(=O)C(=O)N2CCCOC)c2ccccc21. The van der Waals surface area contributed by atoms with Crippen LogP contribution in [0, 0.1) is 0 Å². The first-order valence-electron chi connectivity index (χ1n) is 12.1. The molecule has 1 spiro atoms. The summed E-state index contributed by atoms with van der Waals surface area (Å²) in [5, 5.41) is 11.6. The Hall–Kier alpha value is -3.85. The molecule has 2 aromatic carbocycles. The van der Waals surface area contributed by atoms with Crippen LogP contribution in [0.3, 0.4) is 0 Å². The molecule has 5 rings (SSSR count). The average Bonchev–Trinajstić information content (AvgIpc) is 3.27. The van der Waals surface area contributed by atoms with Crippen molar-refractivity contribution < 1.29 is 33.7 Å². The van der Waals surface area contributed by atoms with Gasteiger partial charge in [-0.25, -0.2) is 0 Å². The molecule has 36 heavy (non-hydrogen) atoms. The maximum absolute atomic E-state index is 14.2. The summed E-state index contributed by atoms with van der Waals surface area (Å²) in [5.41, 5.74) is -0.633. The van der Waals surface area contributed by atoms with Crippen LogP contribution in [0.4, 0.5) is 5.69 Å². The van der Waals surface area contributed by atoms with Crippen molar-refractivity contribution in [1.82, 2.24) is 4.90 Å². The van der Waals surface area contributed by atoms with Gasteiger partial charge in [0, 0.05) is 37.9 Å². The molecule has 3 heterocycles. The molecule has 1 atom stereocenters. The molecule has 1 unspecified atom stereocenters. The van der Waals surface area contributed by atoms with Crippen LogP contribution in [0.2, 0.25) is 0 Å². The van der Waals surface area contributed by atoms with E-state index < -0.39 is 28.9 Å². The highest BCUT2D eigenvalue weighted by Crippen LogP contribution is 2.53. The lowest BCUT2D eigenvalue weighted by atomic mass is 9.81. The number of hydrogen-bond acceptors (Lipinski definition) is 7. The number of carbonyl (C=O) groups excluding carboxylic acids is 3. The number of ether oxygens (including phenoxy) is 3. The summed E-state index contributed by atoms with van der Waals surface area (Å²) < 4.78 is 16.4. The third-order valence-corrected chi connectivity index (χ3v) is 6.80. The van der Waals surface area contributed by atoms with Crippen LogP contribution in [0.5, 0.6) is 11.5 Å². The second kappa shape index (κ2) is 9.31. The molecule has 1 fully saturated rings. The third kappa shape index (κ3) is 3.37. The number of methoxy groups -OCH3 is 1. The summed E-state index contributed by atoms with van der Waals surface area (Å²) in [4.78, 5) is 44.1. The number of para-hydroxylation sites is 1. The Balaban J connectivity index is 1.75. The fourth-order valence-corrected chi connectivity index (χ4v) is 5.31. The smallest absolute Gasteiger partial charge is 0.296 e. The molecule has 188 valence electrons. The van der Waals surface area contributed by atoms with E-state index in [1.807, 2.05) is 13.0 Å². The molecule has 2 aromatic rings. The summed E-state index contributed by atoms with van der Waals surface area (Å²) in [6.45, 7) is 3.56. The minimum atomic E-state index is -1.77. The Bertz CT molecular complexity index is 1270. The van der Waals surface area contributed by atoms with E-state index >= 15 is 0 Å². The number of hydrogen-bond donors (Lipinski definition) is 1. The van der Waals surface area contributed by atoms with Gasteiger partial charge in [-0.15, -0.1) is 0 Å². The zero-order valence-corrected chi connectivity index (χ0v) is 20.3. The number of ketones is 1. The van der Waals surface area contributed by atoms with Gasteiger partial charge in [0.2, 0.25) is 0 Å². The maximum Gasteiger partial charge on any atom is 0.296 e. The van der Waals surface area contributed by atoms with E-state index in [-0.39, 0.29) is 17.7 Å². The lowest BCUT2D eigenvalue weighted by Crippen LogP contribution is -2.52. The second-order valence-corrected chi connectivity index (χ2v) is 8.90. The van der Waals surface area contributed by atoms with Gasteiger partial charge < -0.3 is 29.1 Å². The highest BCUT2D eigenvalue weighted by atomic mass is 16.6. The van der Waals surface area contributed by atoms with Gasteiger partial charge in [0.15, 0.2) is 17.0 Å². The van der Waals surface area contributed by atoms with Crippen molar-refractivity contribution in [1.29, 1.82) is 0 Å². The molecule has 1 saturated heterocycles. The summed E-state index contributed by atoms with van der Waals surface area (Å²) in [5.74, 6) is -1.65. The van der Waals surface area contributed by atoms with Gasteiger partial charge in [0.25, 0.3) is 17.6 Å². The van der Waals surface area contributed by atoms with Crippen LogP contribution in [0.15, 0.2) is 48.0 Å². The van der Waals surface area contributed by atoms with Crippen molar-refractivity contribution in [2.24, 2.45) is 0 Å². The van der Waals surface area contributed by atoms with E-state index in [0.29, 0.717) is 62.0 Å². The van der Waals surface area contributed by atoms with E-state index in [0.717, 1.165) is 0 Å². The summed E-state index contributed by atoms with van der Waals surface area (Å²) >= 11 is 0. The monoisotopic (exact) mass is 492 g/mol. The topological polar surface area (TPSA) is 106 Å². The molecule has 0 bridgehead atoms. The Morgan fingerprint density at radius 1 is 1.06 bits per heavy atom. The first-order valence-corrected chi connectivity index (χ1v) is 12.1. The molecule has 0 aromatic heterocycles. The van der Waals surface area contributed by atoms with E-state index in [1.165, 1.54) is 4.90 Å². The van der Waals surface area contributed by atoms with Crippen molar-refractivity contribution in [3.8, 4) is 11.5 Å². The Kier molecular flexibility index (Phi) is 6.17. The molecule has 2 amide bonds. The van der Waals surface area contributed by atoms with Crippen molar-refractivity contribution in [3.63, 3.8) is 0 Å². The van der Waals surface area contributed by atoms with Crippen LogP contribution in [-0.2, 0) is 24.7 Å². The highest BCUT2D eigenvalue weighted by molar-refractivity contribution is 6.50. The number of carbonyl (C=O) groups is 3. The largest absolute Gasteiger partial charge is 0.507 e. The fourth-order valence-electron chi connectivity index (χ4n) is 5.31. The molecule has 1 N–H and O–H groups in total. The Labute approximate surface area is 208 Å².